The highest BCUT2D eigenvalue weighted by Gasteiger charge is 2.14. The average Bonchev–Trinajstić information content (AvgIpc) is 2.68. The highest BCUT2D eigenvalue weighted by atomic mass is 16.5. The van der Waals surface area contributed by atoms with Crippen LogP contribution in [0.2, 0.25) is 0 Å². The first-order chi connectivity index (χ1) is 13.0. The fourth-order valence-electron chi connectivity index (χ4n) is 2.34. The van der Waals surface area contributed by atoms with Gasteiger partial charge in [-0.15, -0.1) is 0 Å². The lowest BCUT2D eigenvalue weighted by Gasteiger charge is -2.07. The highest BCUT2D eigenvalue weighted by molar-refractivity contribution is 6.39. The smallest absolute Gasteiger partial charge is 0.379 e. The van der Waals surface area contributed by atoms with Crippen molar-refractivity contribution in [2.24, 2.45) is 0 Å². The van der Waals surface area contributed by atoms with Crippen LogP contribution in [0.5, 0.6) is 0 Å². The lowest BCUT2D eigenvalue weighted by atomic mass is 10.0. The number of ether oxygens (including phenoxy) is 2. The molecule has 2 rings (SSSR count). The van der Waals surface area contributed by atoms with Crippen molar-refractivity contribution in [1.29, 1.82) is 0 Å². The van der Waals surface area contributed by atoms with Crippen molar-refractivity contribution in [3.05, 3.63) is 65.7 Å². The van der Waals surface area contributed by atoms with E-state index in [-0.39, 0.29) is 12.4 Å². The van der Waals surface area contributed by atoms with Crippen LogP contribution in [-0.4, -0.2) is 36.0 Å². The second kappa shape index (κ2) is 9.33. The summed E-state index contributed by atoms with van der Waals surface area (Å²) in [6.45, 7) is 3.71. The second-order valence-electron chi connectivity index (χ2n) is 5.49. The molecule has 0 aliphatic rings. The molecule has 0 saturated heterocycles. The Kier molecular flexibility index (Phi) is 6.88. The minimum atomic E-state index is -1.02. The number of rotatable bonds is 7. The molecule has 0 heterocycles. The molecule has 2 aromatic rings. The van der Waals surface area contributed by atoms with Gasteiger partial charge in [0.2, 0.25) is 0 Å². The standard InChI is InChI=1S/C21H20O6/c1-3-26-20(24)17-7-5-6-16(12-17)14-8-10-15(11-9-14)18(22)13-19(23)21(25)27-4-2/h5-13,22H,3-4H2,1-2H3/b18-13-. The average molecular weight is 368 g/mol. The van der Waals surface area contributed by atoms with Crippen molar-refractivity contribution in [2.75, 3.05) is 13.2 Å². The van der Waals surface area contributed by atoms with Gasteiger partial charge in [-0.2, -0.15) is 0 Å². The number of carbonyl (C=O) groups excluding carboxylic acids is 3. The Bertz CT molecular complexity index is 864. The molecule has 1 N–H and O–H groups in total. The maximum Gasteiger partial charge on any atom is 0.379 e. The maximum atomic E-state index is 11.8. The van der Waals surface area contributed by atoms with Crippen LogP contribution in [0.1, 0.15) is 29.8 Å². The summed E-state index contributed by atoms with van der Waals surface area (Å²) in [7, 11) is 0. The van der Waals surface area contributed by atoms with Crippen molar-refractivity contribution in [3.8, 4) is 11.1 Å². The molecule has 0 fully saturated rings. The van der Waals surface area contributed by atoms with E-state index in [0.29, 0.717) is 17.7 Å². The number of benzene rings is 2. The highest BCUT2D eigenvalue weighted by Crippen LogP contribution is 2.23. The molecule has 2 aromatic carbocycles. The molecule has 0 unspecified atom stereocenters. The van der Waals surface area contributed by atoms with Gasteiger partial charge in [-0.25, -0.2) is 9.59 Å². The molecule has 6 nitrogen and oxygen atoms in total. The molecule has 0 aromatic heterocycles. The number of esters is 2. The summed E-state index contributed by atoms with van der Waals surface area (Å²) < 4.78 is 9.58. The van der Waals surface area contributed by atoms with E-state index >= 15 is 0 Å². The Morgan fingerprint density at radius 3 is 2.19 bits per heavy atom. The molecule has 0 aliphatic heterocycles. The van der Waals surface area contributed by atoms with Crippen LogP contribution in [0.3, 0.4) is 0 Å². The Balaban J connectivity index is 2.20. The molecule has 0 radical (unpaired) electrons. The number of hydrogen-bond donors (Lipinski definition) is 1. The Hall–Kier alpha value is -3.41. The van der Waals surface area contributed by atoms with Gasteiger partial charge >= 0.3 is 11.9 Å². The first-order valence-corrected chi connectivity index (χ1v) is 8.46. The predicted molar refractivity (Wildman–Crippen MR) is 100 cm³/mol. The molecule has 0 atom stereocenters. The van der Waals surface area contributed by atoms with E-state index < -0.39 is 17.7 Å². The van der Waals surface area contributed by atoms with Gasteiger partial charge in [-0.3, -0.25) is 4.79 Å². The van der Waals surface area contributed by atoms with Crippen LogP contribution in [0.15, 0.2) is 54.6 Å². The van der Waals surface area contributed by atoms with Gasteiger partial charge in [0, 0.05) is 11.6 Å². The molecular formula is C21H20O6. The molecule has 0 saturated carbocycles. The van der Waals surface area contributed by atoms with Crippen molar-refractivity contribution in [2.45, 2.75) is 13.8 Å². The summed E-state index contributed by atoms with van der Waals surface area (Å²) >= 11 is 0. The number of aliphatic hydroxyl groups excluding tert-OH is 1. The van der Waals surface area contributed by atoms with Crippen LogP contribution >= 0.6 is 0 Å². The SMILES string of the molecule is CCOC(=O)C(=O)/C=C(\O)c1ccc(-c2cccc(C(=O)OCC)c2)cc1. The minimum Gasteiger partial charge on any atom is -0.507 e. The fraction of sp³-hybridized carbons (Fsp3) is 0.190. The van der Waals surface area contributed by atoms with Gasteiger partial charge in [0.05, 0.1) is 18.8 Å². The monoisotopic (exact) mass is 368 g/mol. The molecular weight excluding hydrogens is 348 g/mol. The number of aliphatic hydroxyl groups is 1. The van der Waals surface area contributed by atoms with Crippen LogP contribution < -0.4 is 0 Å². The largest absolute Gasteiger partial charge is 0.507 e. The van der Waals surface area contributed by atoms with Crippen LogP contribution in [0.4, 0.5) is 0 Å². The third-order valence-electron chi connectivity index (χ3n) is 3.63. The third-order valence-corrected chi connectivity index (χ3v) is 3.63. The molecule has 27 heavy (non-hydrogen) atoms. The number of ketones is 1. The maximum absolute atomic E-state index is 11.8. The number of hydrogen-bond acceptors (Lipinski definition) is 6. The van der Waals surface area contributed by atoms with E-state index in [1.54, 1.807) is 56.3 Å². The van der Waals surface area contributed by atoms with Crippen LogP contribution in [0.25, 0.3) is 16.9 Å². The van der Waals surface area contributed by atoms with Gasteiger partial charge in [-0.1, -0.05) is 36.4 Å². The third kappa shape index (κ3) is 5.28. The van der Waals surface area contributed by atoms with Gasteiger partial charge in [0.15, 0.2) is 0 Å². The molecule has 0 bridgehead atoms. The van der Waals surface area contributed by atoms with Crippen molar-refractivity contribution in [1.82, 2.24) is 0 Å². The van der Waals surface area contributed by atoms with Crippen molar-refractivity contribution < 1.29 is 29.0 Å². The lowest BCUT2D eigenvalue weighted by Crippen LogP contribution is -2.15. The van der Waals surface area contributed by atoms with Crippen LogP contribution in [-0.2, 0) is 19.1 Å². The molecule has 6 heteroatoms. The lowest BCUT2D eigenvalue weighted by molar-refractivity contribution is -0.151. The van der Waals surface area contributed by atoms with Crippen molar-refractivity contribution >= 4 is 23.5 Å². The van der Waals surface area contributed by atoms with E-state index in [1.807, 2.05) is 6.07 Å². The zero-order valence-corrected chi connectivity index (χ0v) is 15.1. The van der Waals surface area contributed by atoms with Gasteiger partial charge in [-0.05, 0) is 37.1 Å². The fourth-order valence-corrected chi connectivity index (χ4v) is 2.34. The summed E-state index contributed by atoms with van der Waals surface area (Å²) in [4.78, 5) is 34.8. The van der Waals surface area contributed by atoms with Crippen molar-refractivity contribution in [3.63, 3.8) is 0 Å². The Morgan fingerprint density at radius 2 is 1.56 bits per heavy atom. The summed E-state index contributed by atoms with van der Waals surface area (Å²) in [5.74, 6) is -2.68. The Morgan fingerprint density at radius 1 is 0.889 bits per heavy atom. The minimum absolute atomic E-state index is 0.0821. The zero-order valence-electron chi connectivity index (χ0n) is 15.1. The second-order valence-corrected chi connectivity index (χ2v) is 5.49. The van der Waals surface area contributed by atoms with E-state index in [1.165, 1.54) is 0 Å². The van der Waals surface area contributed by atoms with E-state index in [0.717, 1.165) is 17.2 Å². The topological polar surface area (TPSA) is 89.9 Å². The summed E-state index contributed by atoms with van der Waals surface area (Å²) in [5.41, 5.74) is 2.44. The zero-order chi connectivity index (χ0) is 19.8. The van der Waals surface area contributed by atoms with Gasteiger partial charge < -0.3 is 14.6 Å². The molecule has 140 valence electrons. The number of carbonyl (C=O) groups is 3. The first kappa shape index (κ1) is 19.9. The van der Waals surface area contributed by atoms with Crippen LogP contribution in [0, 0.1) is 0 Å². The predicted octanol–water partition coefficient (Wildman–Crippen LogP) is 3.56. The van der Waals surface area contributed by atoms with E-state index in [9.17, 15) is 19.5 Å². The molecule has 0 aliphatic carbocycles. The summed E-state index contributed by atoms with van der Waals surface area (Å²) in [6, 6.07) is 13.7. The van der Waals surface area contributed by atoms with Gasteiger partial charge in [0.25, 0.3) is 5.78 Å². The van der Waals surface area contributed by atoms with Gasteiger partial charge in [0.1, 0.15) is 5.76 Å². The summed E-state index contributed by atoms with van der Waals surface area (Å²) in [6.07, 6.45) is 0.828. The summed E-state index contributed by atoms with van der Waals surface area (Å²) in [5, 5.41) is 10.0. The molecule has 0 amide bonds. The van der Waals surface area contributed by atoms with E-state index in [2.05, 4.69) is 4.74 Å². The Labute approximate surface area is 157 Å². The quantitative estimate of drug-likeness (QED) is 0.348. The normalized spacial score (nSPS) is 11.0. The first-order valence-electron chi connectivity index (χ1n) is 8.46. The molecule has 0 spiro atoms. The van der Waals surface area contributed by atoms with E-state index in [4.69, 9.17) is 4.74 Å².